The third-order valence-electron chi connectivity index (χ3n) is 17.1. The van der Waals surface area contributed by atoms with E-state index < -0.39 is 52.6 Å². The maximum Gasteiger partial charge on any atom is 0.534 e. The van der Waals surface area contributed by atoms with Gasteiger partial charge in [-0.3, -0.25) is 0 Å². The molecule has 0 saturated carbocycles. The second kappa shape index (κ2) is 38.2. The van der Waals surface area contributed by atoms with Crippen molar-refractivity contribution in [1.82, 2.24) is 0 Å². The second-order valence-corrected chi connectivity index (χ2v) is 37.9. The average molecular weight is 1980 g/mol. The van der Waals surface area contributed by atoms with Gasteiger partial charge in [-0.05, 0) is 129 Å². The summed E-state index contributed by atoms with van der Waals surface area (Å²) in [6.07, 6.45) is 0. The highest BCUT2D eigenvalue weighted by molar-refractivity contribution is 9.69. The van der Waals surface area contributed by atoms with E-state index in [1.165, 1.54) is 65.7 Å². The van der Waals surface area contributed by atoms with Crippen molar-refractivity contribution >= 4 is 303 Å². The third-order valence-corrected chi connectivity index (χ3v) is 21.9. The van der Waals surface area contributed by atoms with Crippen LogP contribution >= 0.6 is 140 Å². The molecule has 17 rings (SSSR count). The van der Waals surface area contributed by atoms with Gasteiger partial charge >= 0.3 is 50.1 Å². The van der Waals surface area contributed by atoms with Crippen molar-refractivity contribution in [1.29, 1.82) is 0 Å². The number of ether oxygens (including phenoxy) is 1. The van der Waals surface area contributed by atoms with Crippen LogP contribution in [0.2, 0.25) is 20.1 Å². The SMILES string of the molecule is BrB(Br)Br.C.C.COc1ccc(Cl)c2ccc3ccc4ccccc4c3c12.ClCCl.ClCCl.Clc1ccc2c3c1ccc1ccc4cccc-2c4c13.O=S(=O)(OS(=O)(=O)C(F)(F)F)C(F)(F)F.O=S(=O)(Oc1ccc(Cl)c2ccc3ccc4ccccc4c3c12)C(F)(F)F.Oc1ccc(Cl)c2ccc3ccc4ccccc4c3c12. The Balaban J connectivity index is 0.000000174. The molecule has 0 saturated heterocycles. The Hall–Kier alpha value is -6.96. The lowest BCUT2D eigenvalue weighted by atomic mass is 9.96. The van der Waals surface area contributed by atoms with Crippen LogP contribution in [0.5, 0.6) is 17.2 Å². The largest absolute Gasteiger partial charge is 0.534 e. The zero-order valence-electron chi connectivity index (χ0n) is 56.4. The Labute approximate surface area is 712 Å². The first-order chi connectivity index (χ1) is 52.8. The maximum atomic E-state index is 12.8. The van der Waals surface area contributed by atoms with Gasteiger partial charge in [0.05, 0.1) is 17.8 Å². The third kappa shape index (κ3) is 19.7. The first kappa shape index (κ1) is 92.6. The zero-order chi connectivity index (χ0) is 81.7. The van der Waals surface area contributed by atoms with Gasteiger partial charge in [0.2, 0.25) is 0 Å². The number of halogens is 20. The topological polar surface area (TPSA) is 150 Å². The molecule has 34 heteroatoms. The first-order valence-electron chi connectivity index (χ1n) is 31.7. The van der Waals surface area contributed by atoms with Gasteiger partial charge in [0.25, 0.3) is 0 Å². The summed E-state index contributed by atoms with van der Waals surface area (Å²) in [5.41, 5.74) is -15.4. The van der Waals surface area contributed by atoms with Crippen LogP contribution in [-0.2, 0) is 34.0 Å². The van der Waals surface area contributed by atoms with Crippen molar-refractivity contribution in [3.8, 4) is 28.4 Å². The summed E-state index contributed by atoms with van der Waals surface area (Å²) in [6, 6.07) is 76.7. The molecule has 16 aromatic rings. The lowest BCUT2D eigenvalue weighted by Crippen LogP contribution is -2.34. The molecule has 0 heterocycles. The normalized spacial score (nSPS) is 11.8. The lowest BCUT2D eigenvalue weighted by molar-refractivity contribution is -0.0586. The molecule has 10 nitrogen and oxygen atoms in total. The van der Waals surface area contributed by atoms with Crippen LogP contribution in [0.3, 0.4) is 0 Å². The number of phenols is 1. The summed E-state index contributed by atoms with van der Waals surface area (Å²) >= 11 is 53.6. The summed E-state index contributed by atoms with van der Waals surface area (Å²) in [5.74, 6) is 0.705. The smallest absolute Gasteiger partial charge is 0.507 e. The Morgan fingerprint density at radius 2 is 0.605 bits per heavy atom. The Morgan fingerprint density at radius 3 is 0.991 bits per heavy atom. The molecule has 0 spiro atoms. The number of phenolic OH excluding ortho intramolecular Hbond substituents is 1. The van der Waals surface area contributed by atoms with Gasteiger partial charge in [-0.15, -0.1) is 97.3 Å². The maximum absolute atomic E-state index is 12.8. The number of rotatable bonds is 5. The van der Waals surface area contributed by atoms with E-state index >= 15 is 0 Å². The van der Waals surface area contributed by atoms with Crippen LogP contribution in [0.1, 0.15) is 14.9 Å². The minimum absolute atomic E-state index is 0. The second-order valence-electron chi connectivity index (χ2n) is 23.4. The molecule has 114 heavy (non-hydrogen) atoms. The summed E-state index contributed by atoms with van der Waals surface area (Å²) in [5, 5.41) is 37.6. The van der Waals surface area contributed by atoms with Gasteiger partial charge in [0.1, 0.15) is 11.5 Å². The van der Waals surface area contributed by atoms with Crippen LogP contribution in [-0.4, -0.2) is 67.9 Å². The van der Waals surface area contributed by atoms with Crippen LogP contribution in [0.4, 0.5) is 39.5 Å². The summed E-state index contributed by atoms with van der Waals surface area (Å²) in [6.45, 7) is 0. The number of hydrogen-bond donors (Lipinski definition) is 1. The van der Waals surface area contributed by atoms with Gasteiger partial charge in [0.15, 0.2) is 5.75 Å². The van der Waals surface area contributed by atoms with E-state index in [2.05, 4.69) is 179 Å². The number of fused-ring (bicyclic) bond motifs is 16. The molecule has 0 unspecified atom stereocenters. The van der Waals surface area contributed by atoms with Gasteiger partial charge < -0.3 is 14.0 Å². The number of alkyl halides is 13. The number of benzene rings is 16. The van der Waals surface area contributed by atoms with Crippen molar-refractivity contribution in [3.63, 3.8) is 0 Å². The van der Waals surface area contributed by atoms with Crippen molar-refractivity contribution < 1.29 is 82.4 Å². The van der Waals surface area contributed by atoms with Crippen molar-refractivity contribution in [2.45, 2.75) is 31.4 Å². The van der Waals surface area contributed by atoms with Gasteiger partial charge in [-0.2, -0.15) is 64.8 Å². The van der Waals surface area contributed by atoms with E-state index in [1.807, 2.05) is 58.2 Å². The van der Waals surface area contributed by atoms with E-state index in [0.29, 0.717) is 15.8 Å². The minimum Gasteiger partial charge on any atom is -0.507 e. The quantitative estimate of drug-likeness (QED) is 0.0440. The molecule has 1 aliphatic rings. The molecular formula is C80H55BBr3Cl8F9O10S3. The van der Waals surface area contributed by atoms with Crippen molar-refractivity contribution in [2.75, 3.05) is 17.8 Å². The number of hydrogen-bond acceptors (Lipinski definition) is 10. The Morgan fingerprint density at radius 1 is 0.325 bits per heavy atom. The first-order valence-corrected chi connectivity index (χ1v) is 42.4. The predicted octanol–water partition coefficient (Wildman–Crippen LogP) is 30.1. The van der Waals surface area contributed by atoms with E-state index in [-0.39, 0.29) is 44.9 Å². The highest BCUT2D eigenvalue weighted by atomic mass is 79.9. The molecule has 0 aromatic heterocycles. The minimum atomic E-state index is -6.85. The fraction of sp³-hybridized carbons (Fsp3) is 0.100. The monoisotopic (exact) mass is 1970 g/mol. The van der Waals surface area contributed by atoms with Crippen LogP contribution in [0, 0.1) is 0 Å². The average Bonchev–Trinajstić information content (AvgIpc) is 1.62. The molecule has 596 valence electrons. The van der Waals surface area contributed by atoms with Crippen LogP contribution < -0.4 is 8.92 Å². The molecule has 0 radical (unpaired) electrons. The van der Waals surface area contributed by atoms with Crippen LogP contribution in [0.25, 0.3) is 140 Å². The van der Waals surface area contributed by atoms with E-state index in [4.69, 9.17) is 97.5 Å². The lowest BCUT2D eigenvalue weighted by Gasteiger charge is -2.15. The summed E-state index contributed by atoms with van der Waals surface area (Å²) in [4.78, 5) is 0. The highest BCUT2D eigenvalue weighted by Gasteiger charge is 2.57. The number of aromatic hydroxyl groups is 1. The Kier molecular flexibility index (Phi) is 31.0. The molecule has 0 amide bonds. The fourth-order valence-electron chi connectivity index (χ4n) is 12.7. The molecule has 1 N–H and O–H groups in total. The summed E-state index contributed by atoms with van der Waals surface area (Å²) in [7, 11) is -17.8. The molecule has 0 atom stereocenters. The van der Waals surface area contributed by atoms with Gasteiger partial charge in [-0.25, -0.2) is 0 Å². The fourth-order valence-corrected chi connectivity index (χ4v) is 15.6. The van der Waals surface area contributed by atoms with E-state index in [0.717, 1.165) is 86.5 Å². The molecule has 0 fully saturated rings. The van der Waals surface area contributed by atoms with E-state index in [9.17, 15) is 69.9 Å². The Bertz CT molecular complexity index is 6640. The van der Waals surface area contributed by atoms with Gasteiger partial charge in [0, 0.05) is 74.0 Å². The molecule has 1 aliphatic carbocycles. The zero-order valence-corrected chi connectivity index (χ0v) is 69.7. The summed E-state index contributed by atoms with van der Waals surface area (Å²) < 4.78 is 182. The molecular weight excluding hydrogens is 1920 g/mol. The number of methoxy groups -OCH3 is 1. The van der Waals surface area contributed by atoms with Gasteiger partial charge in [-0.1, -0.05) is 255 Å². The predicted molar refractivity (Wildman–Crippen MR) is 469 cm³/mol. The molecule has 0 aliphatic heterocycles. The standard InChI is InChI=1S/C19H10ClF3O3S.C19H13ClO.C18H11ClO.C18H9Cl.C2F6O5S2.2CH2Cl2.2CH4.BBr3/c20-15-9-10-16(26-27(24,25)19(21,22)23)18-14(15)8-7-12-6-5-11-3-1-2-4-13(11)17(12)18;1-21-17-11-10-16(20)15-9-8-13-7-6-12-4-2-3-5-14(12)18(13)19(15)17;19-15-9-10-16(20)18-14(15)8-7-12-6-5-11-3-1-2-4-13(11)17(12)18;19-15-9-8-13-12-3-1-2-10-4-5-11-6-7-14(15)18(13)17(11)16(10)12;3-1(4,5)14(9,10)13-15(11,12)2(6,7)8;2*2-1-3;;;2-1(3)4/h1-10H;2-11H,1H3;1-10,20H;1-9H;;2*1H2;2*1H4;. The molecule has 0 bridgehead atoms. The van der Waals surface area contributed by atoms with Crippen molar-refractivity contribution in [3.05, 3.63) is 257 Å². The van der Waals surface area contributed by atoms with Crippen molar-refractivity contribution in [2.24, 2.45) is 0 Å². The highest BCUT2D eigenvalue weighted by Crippen LogP contribution is 2.50. The molecule has 16 aromatic carbocycles. The van der Waals surface area contributed by atoms with Crippen LogP contribution in [0.15, 0.2) is 237 Å². The van der Waals surface area contributed by atoms with E-state index in [1.54, 1.807) is 49.6 Å².